The first-order chi connectivity index (χ1) is 15.8. The minimum Gasteiger partial charge on any atom is -0.455 e. The van der Waals surface area contributed by atoms with Crippen LogP contribution in [-0.4, -0.2) is 23.9 Å². The standard InChI is InChI=1S/C24H23N3O4S2/c1-4-12-27-16(2)13-20(17(27)3)21-14-32-24(25-21)26-23(28)22-11-10-18(31-22)15-33(29,30)19-8-6-5-7-9-19/h4-11,13-14H,1,12,15H2,2-3H3,(H,25,26,28). The van der Waals surface area contributed by atoms with E-state index in [1.54, 1.807) is 18.2 Å². The fraction of sp³-hybridized carbons (Fsp3) is 0.167. The molecule has 0 atom stereocenters. The summed E-state index contributed by atoms with van der Waals surface area (Å²) in [7, 11) is -3.57. The number of hydrogen-bond acceptors (Lipinski definition) is 6. The number of aromatic nitrogens is 2. The van der Waals surface area contributed by atoms with Crippen LogP contribution in [0.25, 0.3) is 11.3 Å². The van der Waals surface area contributed by atoms with Crippen LogP contribution in [0.5, 0.6) is 0 Å². The normalized spacial score (nSPS) is 11.5. The highest BCUT2D eigenvalue weighted by molar-refractivity contribution is 7.90. The summed E-state index contributed by atoms with van der Waals surface area (Å²) in [6.45, 7) is 8.57. The van der Waals surface area contributed by atoms with Gasteiger partial charge in [-0.2, -0.15) is 0 Å². The third-order valence-corrected chi connectivity index (χ3v) is 7.62. The Kier molecular flexibility index (Phi) is 6.35. The largest absolute Gasteiger partial charge is 0.455 e. The van der Waals surface area contributed by atoms with Gasteiger partial charge in [-0.3, -0.25) is 10.1 Å². The van der Waals surface area contributed by atoms with Gasteiger partial charge in [0.05, 0.1) is 10.6 Å². The molecule has 1 amide bonds. The second-order valence-electron chi connectivity index (χ2n) is 7.51. The Balaban J connectivity index is 1.46. The zero-order valence-corrected chi connectivity index (χ0v) is 19.9. The Morgan fingerprint density at radius 2 is 1.97 bits per heavy atom. The van der Waals surface area contributed by atoms with Crippen molar-refractivity contribution in [3.8, 4) is 11.3 Å². The average molecular weight is 482 g/mol. The van der Waals surface area contributed by atoms with Crippen LogP contribution in [0, 0.1) is 13.8 Å². The molecule has 4 aromatic rings. The summed E-state index contributed by atoms with van der Waals surface area (Å²) in [5, 5.41) is 5.04. The summed E-state index contributed by atoms with van der Waals surface area (Å²) in [5.41, 5.74) is 3.95. The Morgan fingerprint density at radius 3 is 2.70 bits per heavy atom. The summed E-state index contributed by atoms with van der Waals surface area (Å²) in [6, 6.07) is 13.1. The molecule has 0 fully saturated rings. The smallest absolute Gasteiger partial charge is 0.293 e. The minimum absolute atomic E-state index is 0.0224. The maximum Gasteiger partial charge on any atom is 0.293 e. The fourth-order valence-corrected chi connectivity index (χ4v) is 5.53. The highest BCUT2D eigenvalue weighted by atomic mass is 32.2. The van der Waals surface area contributed by atoms with Crippen molar-refractivity contribution in [3.05, 3.63) is 89.5 Å². The van der Waals surface area contributed by atoms with Gasteiger partial charge in [0.25, 0.3) is 5.91 Å². The molecule has 0 saturated carbocycles. The number of hydrogen-bond donors (Lipinski definition) is 1. The molecule has 170 valence electrons. The predicted octanol–water partition coefficient (Wildman–Crippen LogP) is 5.23. The maximum absolute atomic E-state index is 12.6. The first-order valence-corrected chi connectivity index (χ1v) is 12.7. The topological polar surface area (TPSA) is 94.2 Å². The van der Waals surface area contributed by atoms with E-state index < -0.39 is 15.7 Å². The number of carbonyl (C=O) groups excluding carboxylic acids is 1. The van der Waals surface area contributed by atoms with E-state index in [1.807, 2.05) is 25.3 Å². The van der Waals surface area contributed by atoms with Gasteiger partial charge >= 0.3 is 0 Å². The van der Waals surface area contributed by atoms with Gasteiger partial charge in [0, 0.05) is 28.9 Å². The summed E-state index contributed by atoms with van der Waals surface area (Å²) in [4.78, 5) is 17.4. The number of furan rings is 1. The van der Waals surface area contributed by atoms with Crippen LogP contribution < -0.4 is 5.32 Å². The van der Waals surface area contributed by atoms with Crippen molar-refractivity contribution in [2.45, 2.75) is 31.0 Å². The number of nitrogens with one attached hydrogen (secondary N) is 1. The van der Waals surface area contributed by atoms with Crippen molar-refractivity contribution in [2.24, 2.45) is 0 Å². The summed E-state index contributed by atoms with van der Waals surface area (Å²) in [6.07, 6.45) is 1.85. The number of sulfone groups is 1. The van der Waals surface area contributed by atoms with Crippen molar-refractivity contribution < 1.29 is 17.6 Å². The average Bonchev–Trinajstić information content (AvgIpc) is 3.50. The van der Waals surface area contributed by atoms with E-state index in [-0.39, 0.29) is 22.2 Å². The van der Waals surface area contributed by atoms with E-state index in [9.17, 15) is 13.2 Å². The van der Waals surface area contributed by atoms with Gasteiger partial charge < -0.3 is 8.98 Å². The number of aryl methyl sites for hydroxylation is 1. The van der Waals surface area contributed by atoms with E-state index in [0.29, 0.717) is 11.7 Å². The lowest BCUT2D eigenvalue weighted by Crippen LogP contribution is -2.10. The van der Waals surface area contributed by atoms with Gasteiger partial charge in [0.1, 0.15) is 11.5 Å². The highest BCUT2D eigenvalue weighted by Gasteiger charge is 2.20. The lowest BCUT2D eigenvalue weighted by molar-refractivity contribution is 0.0995. The molecule has 0 spiro atoms. The first kappa shape index (κ1) is 22.8. The molecule has 0 radical (unpaired) electrons. The second-order valence-corrected chi connectivity index (χ2v) is 10.4. The molecule has 3 aromatic heterocycles. The quantitative estimate of drug-likeness (QED) is 0.348. The van der Waals surface area contributed by atoms with Gasteiger partial charge in [0.15, 0.2) is 20.7 Å². The minimum atomic E-state index is -3.57. The molecular weight excluding hydrogens is 458 g/mol. The molecule has 9 heteroatoms. The van der Waals surface area contributed by atoms with Gasteiger partial charge in [-0.15, -0.1) is 17.9 Å². The Hall–Kier alpha value is -3.43. The van der Waals surface area contributed by atoms with E-state index in [2.05, 4.69) is 27.5 Å². The lowest BCUT2D eigenvalue weighted by atomic mass is 10.2. The van der Waals surface area contributed by atoms with Gasteiger partial charge in [-0.1, -0.05) is 24.3 Å². The molecular formula is C24H23N3O4S2. The SMILES string of the molecule is C=CCn1c(C)cc(-c2csc(NC(=O)c3ccc(CS(=O)(=O)c4ccccc4)o3)n2)c1C. The molecule has 3 heterocycles. The van der Waals surface area contributed by atoms with Crippen LogP contribution in [0.3, 0.4) is 0 Å². The predicted molar refractivity (Wildman–Crippen MR) is 129 cm³/mol. The lowest BCUT2D eigenvalue weighted by Gasteiger charge is -2.05. The molecule has 0 saturated heterocycles. The number of anilines is 1. The molecule has 0 unspecified atom stereocenters. The van der Waals surface area contributed by atoms with E-state index in [0.717, 1.165) is 22.6 Å². The van der Waals surface area contributed by atoms with Crippen molar-refractivity contribution in [1.82, 2.24) is 9.55 Å². The molecule has 1 aromatic carbocycles. The van der Waals surface area contributed by atoms with E-state index in [4.69, 9.17) is 4.42 Å². The summed E-state index contributed by atoms with van der Waals surface area (Å²) >= 11 is 1.31. The summed E-state index contributed by atoms with van der Waals surface area (Å²) < 4.78 is 32.7. The van der Waals surface area contributed by atoms with Crippen LogP contribution in [0.4, 0.5) is 5.13 Å². The number of carbonyl (C=O) groups is 1. The Labute approximate surface area is 196 Å². The third-order valence-electron chi connectivity index (χ3n) is 5.21. The first-order valence-electron chi connectivity index (χ1n) is 10.2. The summed E-state index contributed by atoms with van der Waals surface area (Å²) in [5.74, 6) is -0.601. The molecule has 0 aliphatic rings. The van der Waals surface area contributed by atoms with Crippen molar-refractivity contribution >= 4 is 32.2 Å². The van der Waals surface area contributed by atoms with Gasteiger partial charge in [0.2, 0.25) is 0 Å². The number of thiazole rings is 1. The maximum atomic E-state index is 12.6. The third kappa shape index (κ3) is 4.84. The molecule has 0 aliphatic carbocycles. The fourth-order valence-electron chi connectivity index (χ4n) is 3.56. The highest BCUT2D eigenvalue weighted by Crippen LogP contribution is 2.30. The van der Waals surface area contributed by atoms with Crippen molar-refractivity contribution in [1.29, 1.82) is 0 Å². The van der Waals surface area contributed by atoms with Crippen molar-refractivity contribution in [2.75, 3.05) is 5.32 Å². The van der Waals surface area contributed by atoms with E-state index in [1.165, 1.54) is 35.6 Å². The van der Waals surface area contributed by atoms with Crippen LogP contribution in [-0.2, 0) is 22.1 Å². The number of allylic oxidation sites excluding steroid dienone is 1. The van der Waals surface area contributed by atoms with E-state index >= 15 is 0 Å². The number of benzene rings is 1. The Morgan fingerprint density at radius 1 is 1.21 bits per heavy atom. The molecule has 33 heavy (non-hydrogen) atoms. The molecule has 0 bridgehead atoms. The monoisotopic (exact) mass is 481 g/mol. The molecule has 0 aliphatic heterocycles. The zero-order valence-electron chi connectivity index (χ0n) is 18.2. The number of amides is 1. The van der Waals surface area contributed by atoms with Crippen LogP contribution in [0.2, 0.25) is 0 Å². The molecule has 7 nitrogen and oxygen atoms in total. The van der Waals surface area contributed by atoms with Gasteiger partial charge in [-0.25, -0.2) is 13.4 Å². The molecule has 1 N–H and O–H groups in total. The van der Waals surface area contributed by atoms with Crippen LogP contribution in [0.1, 0.15) is 27.7 Å². The second kappa shape index (κ2) is 9.21. The van der Waals surface area contributed by atoms with Gasteiger partial charge in [-0.05, 0) is 44.2 Å². The van der Waals surface area contributed by atoms with Crippen LogP contribution in [0.15, 0.2) is 75.9 Å². The zero-order chi connectivity index (χ0) is 23.6. The number of rotatable bonds is 8. The molecule has 4 rings (SSSR count). The van der Waals surface area contributed by atoms with Crippen molar-refractivity contribution in [3.63, 3.8) is 0 Å². The Bertz CT molecular complexity index is 1410. The number of nitrogens with zero attached hydrogens (tertiary/aromatic N) is 2. The van der Waals surface area contributed by atoms with Crippen LogP contribution >= 0.6 is 11.3 Å².